The maximum Gasteiger partial charge on any atom is 0.121 e. The fourth-order valence-electron chi connectivity index (χ4n) is 2.16. The molecule has 0 radical (unpaired) electrons. The van der Waals surface area contributed by atoms with Crippen molar-refractivity contribution in [2.45, 2.75) is 6.42 Å². The third-order valence-electron chi connectivity index (χ3n) is 3.13. The topological polar surface area (TPSA) is 23.6 Å². The van der Waals surface area contributed by atoms with Crippen molar-refractivity contribution in [1.29, 1.82) is 0 Å². The Morgan fingerprint density at radius 1 is 1.18 bits per heavy atom. The van der Waals surface area contributed by atoms with Crippen molar-refractivity contribution in [3.63, 3.8) is 0 Å². The zero-order chi connectivity index (χ0) is 12.1. The van der Waals surface area contributed by atoms with Crippen LogP contribution < -0.4 is 4.90 Å². The average Bonchev–Trinajstić information content (AvgIpc) is 2.38. The second kappa shape index (κ2) is 6.03. The molecule has 0 amide bonds. The Morgan fingerprint density at radius 3 is 2.53 bits per heavy atom. The van der Waals surface area contributed by atoms with Gasteiger partial charge in [-0.05, 0) is 12.1 Å². The Labute approximate surface area is 107 Å². The molecule has 0 saturated carbocycles. The standard InChI is InChI=1S/C13H17ClN2O/c14-12-4-1-2-5-13(12)16-9-7-15(8-10-16)6-3-11-17/h1-2,4-5,11H,3,6-10H2. The van der Waals surface area contributed by atoms with Gasteiger partial charge in [-0.15, -0.1) is 0 Å². The first kappa shape index (κ1) is 12.4. The Kier molecular flexibility index (Phi) is 4.40. The maximum atomic E-state index is 10.3. The number of anilines is 1. The summed E-state index contributed by atoms with van der Waals surface area (Å²) >= 11 is 6.18. The van der Waals surface area contributed by atoms with E-state index >= 15 is 0 Å². The number of piperazine rings is 1. The van der Waals surface area contributed by atoms with Gasteiger partial charge < -0.3 is 9.69 Å². The Morgan fingerprint density at radius 2 is 1.88 bits per heavy atom. The molecule has 1 saturated heterocycles. The van der Waals surface area contributed by atoms with Crippen LogP contribution in [0.1, 0.15) is 6.42 Å². The van der Waals surface area contributed by atoms with Crippen LogP contribution in [-0.4, -0.2) is 43.9 Å². The van der Waals surface area contributed by atoms with Crippen LogP contribution in [0.3, 0.4) is 0 Å². The molecule has 3 nitrogen and oxygen atoms in total. The lowest BCUT2D eigenvalue weighted by Gasteiger charge is -2.36. The summed E-state index contributed by atoms with van der Waals surface area (Å²) in [5.74, 6) is 0. The lowest BCUT2D eigenvalue weighted by atomic mass is 10.2. The van der Waals surface area contributed by atoms with Crippen LogP contribution in [0, 0.1) is 0 Å². The third-order valence-corrected chi connectivity index (χ3v) is 3.45. The van der Waals surface area contributed by atoms with E-state index in [1.54, 1.807) is 0 Å². The first-order valence-corrected chi connectivity index (χ1v) is 6.34. The van der Waals surface area contributed by atoms with Gasteiger partial charge in [-0.25, -0.2) is 0 Å². The number of halogens is 1. The maximum absolute atomic E-state index is 10.3. The van der Waals surface area contributed by atoms with E-state index < -0.39 is 0 Å². The van der Waals surface area contributed by atoms with Gasteiger partial charge in [0.1, 0.15) is 6.29 Å². The Bertz CT molecular complexity index is 375. The monoisotopic (exact) mass is 252 g/mol. The number of carbonyl (C=O) groups excluding carboxylic acids is 1. The van der Waals surface area contributed by atoms with Crippen molar-refractivity contribution >= 4 is 23.6 Å². The Balaban J connectivity index is 1.91. The van der Waals surface area contributed by atoms with Gasteiger partial charge in [-0.1, -0.05) is 23.7 Å². The quantitative estimate of drug-likeness (QED) is 0.767. The van der Waals surface area contributed by atoms with E-state index in [0.717, 1.165) is 49.7 Å². The van der Waals surface area contributed by atoms with E-state index in [2.05, 4.69) is 15.9 Å². The summed E-state index contributed by atoms with van der Waals surface area (Å²) in [5, 5.41) is 0.814. The largest absolute Gasteiger partial charge is 0.368 e. The molecule has 0 atom stereocenters. The summed E-state index contributed by atoms with van der Waals surface area (Å²) in [4.78, 5) is 14.9. The van der Waals surface area contributed by atoms with Gasteiger partial charge in [-0.2, -0.15) is 0 Å². The van der Waals surface area contributed by atoms with Crippen LogP contribution in [0.4, 0.5) is 5.69 Å². The summed E-state index contributed by atoms with van der Waals surface area (Å²) in [6, 6.07) is 7.95. The normalized spacial score (nSPS) is 17.1. The van der Waals surface area contributed by atoms with E-state index in [-0.39, 0.29) is 0 Å². The minimum absolute atomic E-state index is 0.631. The van der Waals surface area contributed by atoms with Crippen LogP contribution >= 0.6 is 11.6 Å². The zero-order valence-electron chi connectivity index (χ0n) is 9.81. The number of rotatable bonds is 4. The summed E-state index contributed by atoms with van der Waals surface area (Å²) < 4.78 is 0. The molecule has 0 aromatic heterocycles. The van der Waals surface area contributed by atoms with E-state index in [9.17, 15) is 4.79 Å². The van der Waals surface area contributed by atoms with Gasteiger partial charge in [0.15, 0.2) is 0 Å². The fourth-order valence-corrected chi connectivity index (χ4v) is 2.41. The molecule has 0 spiro atoms. The smallest absolute Gasteiger partial charge is 0.121 e. The van der Waals surface area contributed by atoms with Gasteiger partial charge in [0.25, 0.3) is 0 Å². The molecule has 1 aromatic rings. The van der Waals surface area contributed by atoms with E-state index in [1.165, 1.54) is 0 Å². The predicted octanol–water partition coefficient (Wildman–Crippen LogP) is 2.05. The van der Waals surface area contributed by atoms with Crippen LogP contribution in [-0.2, 0) is 4.79 Å². The molecular weight excluding hydrogens is 236 g/mol. The Hall–Kier alpha value is -1.06. The van der Waals surface area contributed by atoms with Gasteiger partial charge in [-0.3, -0.25) is 4.90 Å². The summed E-state index contributed by atoms with van der Waals surface area (Å²) in [5.41, 5.74) is 1.12. The molecule has 1 fully saturated rings. The number of hydrogen-bond donors (Lipinski definition) is 0. The SMILES string of the molecule is O=CCCN1CCN(c2ccccc2Cl)CC1. The van der Waals surface area contributed by atoms with Gasteiger partial charge >= 0.3 is 0 Å². The van der Waals surface area contributed by atoms with Gasteiger partial charge in [0.2, 0.25) is 0 Å². The number of benzene rings is 1. The minimum atomic E-state index is 0.631. The molecular formula is C13H17ClN2O. The number of nitrogens with zero attached hydrogens (tertiary/aromatic N) is 2. The minimum Gasteiger partial charge on any atom is -0.368 e. The number of aldehydes is 1. The lowest BCUT2D eigenvalue weighted by Crippen LogP contribution is -2.46. The van der Waals surface area contributed by atoms with Crippen LogP contribution in [0.5, 0.6) is 0 Å². The highest BCUT2D eigenvalue weighted by molar-refractivity contribution is 6.33. The summed E-state index contributed by atoms with van der Waals surface area (Å²) in [6.45, 7) is 4.82. The molecule has 1 aliphatic heterocycles. The van der Waals surface area contributed by atoms with Crippen molar-refractivity contribution in [2.75, 3.05) is 37.6 Å². The molecule has 2 rings (SSSR count). The first-order chi connectivity index (χ1) is 8.31. The van der Waals surface area contributed by atoms with E-state index in [0.29, 0.717) is 6.42 Å². The second-order valence-corrected chi connectivity index (χ2v) is 4.64. The van der Waals surface area contributed by atoms with Crippen LogP contribution in [0.2, 0.25) is 5.02 Å². The van der Waals surface area contributed by atoms with Crippen LogP contribution in [0.25, 0.3) is 0 Å². The number of hydrogen-bond acceptors (Lipinski definition) is 3. The first-order valence-electron chi connectivity index (χ1n) is 5.97. The molecule has 0 bridgehead atoms. The second-order valence-electron chi connectivity index (χ2n) is 4.24. The van der Waals surface area contributed by atoms with Crippen molar-refractivity contribution in [1.82, 2.24) is 4.90 Å². The van der Waals surface area contributed by atoms with Crippen molar-refractivity contribution in [3.05, 3.63) is 29.3 Å². The predicted molar refractivity (Wildman–Crippen MR) is 70.8 cm³/mol. The molecule has 0 N–H and O–H groups in total. The van der Waals surface area contributed by atoms with Crippen molar-refractivity contribution in [3.8, 4) is 0 Å². The molecule has 1 aliphatic rings. The highest BCUT2D eigenvalue weighted by atomic mass is 35.5. The zero-order valence-corrected chi connectivity index (χ0v) is 10.6. The summed E-state index contributed by atoms with van der Waals surface area (Å²) in [7, 11) is 0. The van der Waals surface area contributed by atoms with E-state index in [1.807, 2.05) is 18.2 Å². The molecule has 92 valence electrons. The molecule has 1 heterocycles. The highest BCUT2D eigenvalue weighted by Gasteiger charge is 2.17. The van der Waals surface area contributed by atoms with E-state index in [4.69, 9.17) is 11.6 Å². The van der Waals surface area contributed by atoms with Crippen molar-refractivity contribution < 1.29 is 4.79 Å². The fraction of sp³-hybridized carbons (Fsp3) is 0.462. The van der Waals surface area contributed by atoms with Gasteiger partial charge in [0.05, 0.1) is 10.7 Å². The highest BCUT2D eigenvalue weighted by Crippen LogP contribution is 2.25. The van der Waals surface area contributed by atoms with Crippen molar-refractivity contribution in [2.24, 2.45) is 0 Å². The molecule has 0 aliphatic carbocycles. The molecule has 17 heavy (non-hydrogen) atoms. The average molecular weight is 253 g/mol. The number of carbonyl (C=O) groups is 1. The lowest BCUT2D eigenvalue weighted by molar-refractivity contribution is -0.108. The molecule has 0 unspecified atom stereocenters. The third kappa shape index (κ3) is 3.20. The number of para-hydroxylation sites is 1. The van der Waals surface area contributed by atoms with Gasteiger partial charge in [0, 0.05) is 39.1 Å². The van der Waals surface area contributed by atoms with Crippen LogP contribution in [0.15, 0.2) is 24.3 Å². The summed E-state index contributed by atoms with van der Waals surface area (Å²) in [6.07, 6.45) is 1.62. The molecule has 1 aromatic carbocycles. The molecule has 4 heteroatoms.